The number of rotatable bonds is 4. The Bertz CT molecular complexity index is 782. The summed E-state index contributed by atoms with van der Waals surface area (Å²) in [6, 6.07) is 13.8. The summed E-state index contributed by atoms with van der Waals surface area (Å²) in [4.78, 5) is 32.2. The zero-order chi connectivity index (χ0) is 18.6. The van der Waals surface area contributed by atoms with Gasteiger partial charge in [-0.25, -0.2) is 4.79 Å². The minimum Gasteiger partial charge on any atom is -0.340 e. The van der Waals surface area contributed by atoms with Gasteiger partial charge < -0.3 is 9.80 Å². The van der Waals surface area contributed by atoms with Crippen molar-refractivity contribution < 1.29 is 9.59 Å². The van der Waals surface area contributed by atoms with Crippen LogP contribution in [-0.2, 0) is 4.79 Å². The Labute approximate surface area is 167 Å². The van der Waals surface area contributed by atoms with Crippen molar-refractivity contribution in [3.05, 3.63) is 52.7 Å². The predicted octanol–water partition coefficient (Wildman–Crippen LogP) is 3.70. The fraction of sp³-hybridized carbons (Fsp3) is 0.400. The number of hydrogen-bond acceptors (Lipinski definition) is 4. The van der Waals surface area contributed by atoms with Crippen LogP contribution in [0.5, 0.6) is 0 Å². The number of thioether (sulfide) groups is 1. The van der Waals surface area contributed by atoms with Gasteiger partial charge in [-0.3, -0.25) is 9.69 Å². The van der Waals surface area contributed by atoms with Gasteiger partial charge in [0.05, 0.1) is 0 Å². The lowest BCUT2D eigenvalue weighted by molar-refractivity contribution is -0.131. The van der Waals surface area contributed by atoms with Gasteiger partial charge in [0, 0.05) is 47.7 Å². The number of nitrogens with zero attached hydrogens (tertiary/aromatic N) is 3. The summed E-state index contributed by atoms with van der Waals surface area (Å²) in [5.41, 5.74) is 0.891. The van der Waals surface area contributed by atoms with E-state index < -0.39 is 0 Å². The average Bonchev–Trinajstić information content (AvgIpc) is 3.27. The molecule has 3 heterocycles. The topological polar surface area (TPSA) is 43.9 Å². The zero-order valence-electron chi connectivity index (χ0n) is 15.1. The number of anilines is 1. The quantitative estimate of drug-likeness (QED) is 0.785. The second kappa shape index (κ2) is 8.35. The Morgan fingerprint density at radius 3 is 2.67 bits per heavy atom. The monoisotopic (exact) mass is 401 g/mol. The second-order valence-electron chi connectivity index (χ2n) is 6.74. The summed E-state index contributed by atoms with van der Waals surface area (Å²) in [5, 5.41) is 2.59. The molecule has 2 fully saturated rings. The molecule has 7 heteroatoms. The third-order valence-electron chi connectivity index (χ3n) is 5.04. The third kappa shape index (κ3) is 4.14. The van der Waals surface area contributed by atoms with Gasteiger partial charge in [-0.2, -0.15) is 11.8 Å². The van der Waals surface area contributed by atoms with Crippen LogP contribution in [0, 0.1) is 0 Å². The van der Waals surface area contributed by atoms with Crippen molar-refractivity contribution in [3.63, 3.8) is 0 Å². The molecule has 0 unspecified atom stereocenters. The van der Waals surface area contributed by atoms with Crippen LogP contribution in [-0.4, -0.2) is 60.2 Å². The first-order valence-corrected chi connectivity index (χ1v) is 11.2. The largest absolute Gasteiger partial charge is 0.340 e. The fourth-order valence-corrected chi connectivity index (χ4v) is 5.80. The maximum absolute atomic E-state index is 12.8. The molecule has 142 valence electrons. The molecule has 0 bridgehead atoms. The Morgan fingerprint density at radius 1 is 1.04 bits per heavy atom. The molecular weight excluding hydrogens is 378 g/mol. The molecule has 2 saturated heterocycles. The highest BCUT2D eigenvalue weighted by Gasteiger charge is 2.32. The molecule has 1 aromatic heterocycles. The van der Waals surface area contributed by atoms with E-state index in [1.165, 1.54) is 4.88 Å². The summed E-state index contributed by atoms with van der Waals surface area (Å²) in [6.07, 6.45) is 0.973. The second-order valence-corrected chi connectivity index (χ2v) is 9.03. The molecule has 0 saturated carbocycles. The van der Waals surface area contributed by atoms with Gasteiger partial charge in [0.15, 0.2) is 0 Å². The summed E-state index contributed by atoms with van der Waals surface area (Å²) in [6.45, 7) is 2.93. The van der Waals surface area contributed by atoms with E-state index in [0.29, 0.717) is 18.3 Å². The minimum atomic E-state index is -0.0739. The normalized spacial score (nSPS) is 20.8. The Morgan fingerprint density at radius 2 is 1.89 bits per heavy atom. The van der Waals surface area contributed by atoms with Crippen LogP contribution >= 0.6 is 23.1 Å². The van der Waals surface area contributed by atoms with E-state index in [1.54, 1.807) is 21.1 Å². The number of carbonyl (C=O) groups is 2. The maximum atomic E-state index is 12.8. The molecule has 0 spiro atoms. The number of amides is 3. The first kappa shape index (κ1) is 18.4. The van der Waals surface area contributed by atoms with E-state index >= 15 is 0 Å². The lowest BCUT2D eigenvalue weighted by Gasteiger charge is -2.24. The van der Waals surface area contributed by atoms with Crippen LogP contribution in [0.25, 0.3) is 0 Å². The Hall–Kier alpha value is -1.99. The van der Waals surface area contributed by atoms with Crippen molar-refractivity contribution in [1.82, 2.24) is 9.80 Å². The van der Waals surface area contributed by atoms with Crippen LogP contribution in [0.1, 0.15) is 16.5 Å². The molecule has 1 atom stereocenters. The van der Waals surface area contributed by atoms with Crippen molar-refractivity contribution >= 4 is 40.7 Å². The summed E-state index contributed by atoms with van der Waals surface area (Å²) in [5.74, 6) is 1.00. The number of urea groups is 1. The van der Waals surface area contributed by atoms with E-state index in [4.69, 9.17) is 0 Å². The highest BCUT2D eigenvalue weighted by Crippen LogP contribution is 2.36. The van der Waals surface area contributed by atoms with Gasteiger partial charge in [0.25, 0.3) is 0 Å². The standard InChI is InChI=1S/C20H23N3O2S2/c24-19(21-9-8-18(27-14-12-21)17-7-4-13-26-17)15-22-10-11-23(20(22)25)16-5-2-1-3-6-16/h1-7,13,18H,8-12,14-15H2/t18-/m1/s1. The maximum Gasteiger partial charge on any atom is 0.325 e. The van der Waals surface area contributed by atoms with Crippen LogP contribution in [0.3, 0.4) is 0 Å². The van der Waals surface area contributed by atoms with Crippen LogP contribution in [0.2, 0.25) is 0 Å². The number of carbonyl (C=O) groups excluding carboxylic acids is 2. The van der Waals surface area contributed by atoms with E-state index in [-0.39, 0.29) is 18.5 Å². The summed E-state index contributed by atoms with van der Waals surface area (Å²) < 4.78 is 0. The first-order chi connectivity index (χ1) is 13.2. The van der Waals surface area contributed by atoms with E-state index in [0.717, 1.165) is 31.0 Å². The van der Waals surface area contributed by atoms with Gasteiger partial charge in [0.1, 0.15) is 6.54 Å². The highest BCUT2D eigenvalue weighted by atomic mass is 32.2. The Balaban J connectivity index is 1.33. The molecule has 4 rings (SSSR count). The number of hydrogen-bond donors (Lipinski definition) is 0. The molecule has 2 aliphatic heterocycles. The van der Waals surface area contributed by atoms with E-state index in [9.17, 15) is 9.59 Å². The van der Waals surface area contributed by atoms with E-state index in [2.05, 4.69) is 17.5 Å². The molecule has 1 aromatic carbocycles. The molecule has 3 amide bonds. The molecule has 2 aromatic rings. The number of thiophene rings is 1. The lowest BCUT2D eigenvalue weighted by Crippen LogP contribution is -2.43. The lowest BCUT2D eigenvalue weighted by atomic mass is 10.2. The number of para-hydroxylation sites is 1. The smallest absolute Gasteiger partial charge is 0.325 e. The van der Waals surface area contributed by atoms with Crippen molar-refractivity contribution in [2.45, 2.75) is 11.7 Å². The van der Waals surface area contributed by atoms with Gasteiger partial charge in [-0.1, -0.05) is 24.3 Å². The summed E-state index contributed by atoms with van der Waals surface area (Å²) in [7, 11) is 0. The van der Waals surface area contributed by atoms with Gasteiger partial charge >= 0.3 is 6.03 Å². The predicted molar refractivity (Wildman–Crippen MR) is 111 cm³/mol. The minimum absolute atomic E-state index is 0.0608. The molecule has 27 heavy (non-hydrogen) atoms. The van der Waals surface area contributed by atoms with Crippen LogP contribution < -0.4 is 4.90 Å². The van der Waals surface area contributed by atoms with Crippen molar-refractivity contribution in [2.24, 2.45) is 0 Å². The highest BCUT2D eigenvalue weighted by molar-refractivity contribution is 7.99. The van der Waals surface area contributed by atoms with Gasteiger partial charge in [-0.05, 0) is 30.0 Å². The Kier molecular flexibility index (Phi) is 5.69. The molecular formula is C20H23N3O2S2. The van der Waals surface area contributed by atoms with Crippen LogP contribution in [0.15, 0.2) is 47.8 Å². The summed E-state index contributed by atoms with van der Waals surface area (Å²) >= 11 is 3.72. The molecule has 2 aliphatic rings. The molecule has 5 nitrogen and oxygen atoms in total. The molecule has 0 radical (unpaired) electrons. The van der Waals surface area contributed by atoms with Crippen molar-refractivity contribution in [2.75, 3.05) is 43.4 Å². The van der Waals surface area contributed by atoms with Crippen molar-refractivity contribution in [1.29, 1.82) is 0 Å². The first-order valence-electron chi connectivity index (χ1n) is 9.26. The van der Waals surface area contributed by atoms with Crippen LogP contribution in [0.4, 0.5) is 10.5 Å². The molecule has 0 N–H and O–H groups in total. The van der Waals surface area contributed by atoms with Crippen molar-refractivity contribution in [3.8, 4) is 0 Å². The fourth-order valence-electron chi connectivity index (χ4n) is 3.56. The zero-order valence-corrected chi connectivity index (χ0v) is 16.8. The third-order valence-corrected chi connectivity index (χ3v) is 7.49. The van der Waals surface area contributed by atoms with E-state index in [1.807, 2.05) is 47.0 Å². The number of benzene rings is 1. The molecule has 0 aliphatic carbocycles. The SMILES string of the molecule is O=C(CN1CCN(c2ccccc2)C1=O)N1CCS[C@@H](c2cccs2)CC1. The van der Waals surface area contributed by atoms with Gasteiger partial charge in [0.2, 0.25) is 5.91 Å². The van der Waals surface area contributed by atoms with Gasteiger partial charge in [-0.15, -0.1) is 11.3 Å². The average molecular weight is 402 g/mol.